The van der Waals surface area contributed by atoms with Gasteiger partial charge >= 0.3 is 0 Å². The molecule has 0 aliphatic carbocycles. The number of aromatic nitrogens is 4. The molecule has 0 atom stereocenters. The van der Waals surface area contributed by atoms with Crippen LogP contribution >= 0.6 is 0 Å². The smallest absolute Gasteiger partial charge is 0.230 e. The lowest BCUT2D eigenvalue weighted by Gasteiger charge is -2.25. The highest BCUT2D eigenvalue weighted by Gasteiger charge is 2.17. The van der Waals surface area contributed by atoms with E-state index in [1.165, 1.54) is 18.6 Å². The topological polar surface area (TPSA) is 147 Å². The molecule has 144 valence electrons. The fourth-order valence-corrected chi connectivity index (χ4v) is 2.84. The molecule has 5 N–H and O–H groups in total. The van der Waals surface area contributed by atoms with Crippen molar-refractivity contribution in [3.8, 4) is 6.07 Å². The number of nitriles is 1. The number of hydrogen-bond donors (Lipinski definition) is 5. The van der Waals surface area contributed by atoms with E-state index in [0.717, 1.165) is 31.5 Å². The van der Waals surface area contributed by atoms with Gasteiger partial charge < -0.3 is 26.7 Å². The molecular formula is C18H22N10. The fourth-order valence-electron chi connectivity index (χ4n) is 2.84. The summed E-state index contributed by atoms with van der Waals surface area (Å²) in [5.41, 5.74) is 1.64. The summed E-state index contributed by atoms with van der Waals surface area (Å²) < 4.78 is 0. The fraction of sp³-hybridized carbons (Fsp3) is 0.333. The highest BCUT2D eigenvalue weighted by molar-refractivity contribution is 6.10. The van der Waals surface area contributed by atoms with E-state index in [4.69, 9.17) is 10.7 Å². The van der Waals surface area contributed by atoms with Crippen LogP contribution in [0.3, 0.4) is 0 Å². The lowest BCUT2D eigenvalue weighted by atomic mass is 10.1. The number of allylic oxidation sites excluding steroid dienone is 1. The van der Waals surface area contributed by atoms with E-state index in [9.17, 15) is 0 Å². The van der Waals surface area contributed by atoms with Gasteiger partial charge in [0.2, 0.25) is 5.95 Å². The number of piperidine rings is 1. The Morgan fingerprint density at radius 2 is 2.07 bits per heavy atom. The molecular weight excluding hydrogens is 356 g/mol. The van der Waals surface area contributed by atoms with Crippen LogP contribution in [0.25, 0.3) is 5.57 Å². The lowest BCUT2D eigenvalue weighted by molar-refractivity contribution is 0.478. The van der Waals surface area contributed by atoms with E-state index in [1.807, 2.05) is 6.07 Å². The van der Waals surface area contributed by atoms with Crippen LogP contribution in [0.5, 0.6) is 0 Å². The zero-order valence-corrected chi connectivity index (χ0v) is 15.5. The van der Waals surface area contributed by atoms with Crippen molar-refractivity contribution in [3.63, 3.8) is 0 Å². The predicted molar refractivity (Wildman–Crippen MR) is 107 cm³/mol. The molecule has 28 heavy (non-hydrogen) atoms. The Bertz CT molecular complexity index is 878. The normalized spacial score (nSPS) is 14.8. The van der Waals surface area contributed by atoms with Gasteiger partial charge in [0, 0.05) is 42.8 Å². The van der Waals surface area contributed by atoms with Crippen molar-refractivity contribution in [1.29, 1.82) is 10.7 Å². The quantitative estimate of drug-likeness (QED) is 0.449. The largest absolute Gasteiger partial charge is 0.393 e. The molecule has 0 unspecified atom stereocenters. The second kappa shape index (κ2) is 9.38. The summed E-state index contributed by atoms with van der Waals surface area (Å²) in [6, 6.07) is 2.22. The minimum Gasteiger partial charge on any atom is -0.393 e. The molecule has 0 radical (unpaired) electrons. The standard InChI is InChI=1S/C18H22N10/c1-21-8-12(6-19)15-10-25-18(27-16-11-23-14(7-20)9-24-16)28-17(15)26-13-2-4-22-5-3-13/h6,8-11,13,19,21-22H,2-5H2,1H3,(H2,24,25,26,27,28)/b12-8+,19-6?. The maximum absolute atomic E-state index is 8.82. The van der Waals surface area contributed by atoms with E-state index < -0.39 is 0 Å². The third-order valence-corrected chi connectivity index (χ3v) is 4.24. The molecule has 0 spiro atoms. The highest BCUT2D eigenvalue weighted by Crippen LogP contribution is 2.24. The van der Waals surface area contributed by atoms with Gasteiger partial charge in [-0.3, -0.25) is 0 Å². The Morgan fingerprint density at radius 1 is 1.25 bits per heavy atom. The first-order valence-electron chi connectivity index (χ1n) is 8.95. The number of nitrogens with zero attached hydrogens (tertiary/aromatic N) is 5. The van der Waals surface area contributed by atoms with Crippen LogP contribution in [-0.2, 0) is 0 Å². The van der Waals surface area contributed by atoms with Crippen LogP contribution in [0.2, 0.25) is 0 Å². The third kappa shape index (κ3) is 4.77. The van der Waals surface area contributed by atoms with Crippen molar-refractivity contribution in [2.24, 2.45) is 0 Å². The van der Waals surface area contributed by atoms with Crippen molar-refractivity contribution < 1.29 is 0 Å². The number of nitrogens with one attached hydrogen (secondary N) is 5. The summed E-state index contributed by atoms with van der Waals surface area (Å²) in [5, 5.41) is 29.3. The van der Waals surface area contributed by atoms with Crippen LogP contribution < -0.4 is 21.3 Å². The molecule has 3 rings (SSSR count). The van der Waals surface area contributed by atoms with Crippen LogP contribution in [-0.4, -0.2) is 52.3 Å². The highest BCUT2D eigenvalue weighted by atomic mass is 15.2. The summed E-state index contributed by atoms with van der Waals surface area (Å²) in [5.74, 6) is 1.45. The molecule has 10 heteroatoms. The van der Waals surface area contributed by atoms with Crippen molar-refractivity contribution in [3.05, 3.63) is 36.0 Å². The van der Waals surface area contributed by atoms with Crippen LogP contribution in [0, 0.1) is 16.7 Å². The SMILES string of the molecule is CN/C=C(\C=N)c1cnc(Nc2cnc(C#N)cn2)nc1NC1CCNCC1. The van der Waals surface area contributed by atoms with E-state index in [1.54, 1.807) is 19.4 Å². The summed E-state index contributed by atoms with van der Waals surface area (Å²) in [4.78, 5) is 17.1. The zero-order chi connectivity index (χ0) is 19.8. The minimum atomic E-state index is 0.239. The van der Waals surface area contributed by atoms with Crippen molar-refractivity contribution >= 4 is 29.4 Å². The Hall–Kier alpha value is -3.58. The van der Waals surface area contributed by atoms with Gasteiger partial charge in [-0.2, -0.15) is 10.2 Å². The van der Waals surface area contributed by atoms with Gasteiger partial charge in [-0.05, 0) is 25.9 Å². The molecule has 1 saturated heterocycles. The summed E-state index contributed by atoms with van der Waals surface area (Å²) >= 11 is 0. The van der Waals surface area contributed by atoms with Gasteiger partial charge in [0.1, 0.15) is 11.9 Å². The summed E-state index contributed by atoms with van der Waals surface area (Å²) in [6.07, 6.45) is 9.49. The second-order valence-corrected chi connectivity index (χ2v) is 6.18. The molecule has 1 fully saturated rings. The van der Waals surface area contributed by atoms with Crippen LogP contribution in [0.1, 0.15) is 24.1 Å². The molecule has 10 nitrogen and oxygen atoms in total. The predicted octanol–water partition coefficient (Wildman–Crippen LogP) is 1.26. The van der Waals surface area contributed by atoms with Crippen molar-refractivity contribution in [1.82, 2.24) is 30.6 Å². The molecule has 2 aromatic heterocycles. The zero-order valence-electron chi connectivity index (χ0n) is 15.5. The van der Waals surface area contributed by atoms with E-state index in [0.29, 0.717) is 29.2 Å². The minimum absolute atomic E-state index is 0.239. The monoisotopic (exact) mass is 378 g/mol. The Balaban J connectivity index is 1.89. The Morgan fingerprint density at radius 3 is 2.71 bits per heavy atom. The van der Waals surface area contributed by atoms with Gasteiger partial charge in [-0.15, -0.1) is 0 Å². The Kier molecular flexibility index (Phi) is 6.43. The maximum atomic E-state index is 8.82. The molecule has 0 bridgehead atoms. The van der Waals surface area contributed by atoms with Crippen molar-refractivity contribution in [2.45, 2.75) is 18.9 Å². The second-order valence-electron chi connectivity index (χ2n) is 6.18. The number of rotatable bonds is 7. The summed E-state index contributed by atoms with van der Waals surface area (Å²) in [7, 11) is 1.78. The van der Waals surface area contributed by atoms with Crippen LogP contribution in [0.4, 0.5) is 17.6 Å². The first-order valence-corrected chi connectivity index (χ1v) is 8.95. The molecule has 2 aromatic rings. The maximum Gasteiger partial charge on any atom is 0.230 e. The van der Waals surface area contributed by atoms with Gasteiger partial charge in [0.15, 0.2) is 11.5 Å². The van der Waals surface area contributed by atoms with Gasteiger partial charge in [0.25, 0.3) is 0 Å². The van der Waals surface area contributed by atoms with E-state index in [-0.39, 0.29) is 5.69 Å². The average Bonchev–Trinajstić information content (AvgIpc) is 2.74. The summed E-state index contributed by atoms with van der Waals surface area (Å²) in [6.45, 7) is 1.90. The third-order valence-electron chi connectivity index (χ3n) is 4.24. The molecule has 1 aliphatic heterocycles. The van der Waals surface area contributed by atoms with E-state index >= 15 is 0 Å². The van der Waals surface area contributed by atoms with Crippen molar-refractivity contribution in [2.75, 3.05) is 30.8 Å². The molecule has 3 heterocycles. The molecule has 1 aliphatic rings. The first-order chi connectivity index (χ1) is 13.7. The van der Waals surface area contributed by atoms with Gasteiger partial charge in [0.05, 0.1) is 12.4 Å². The lowest BCUT2D eigenvalue weighted by Crippen LogP contribution is -2.35. The molecule has 0 saturated carbocycles. The average molecular weight is 378 g/mol. The van der Waals surface area contributed by atoms with Crippen LogP contribution in [0.15, 0.2) is 24.8 Å². The van der Waals surface area contributed by atoms with Gasteiger partial charge in [-0.1, -0.05) is 0 Å². The molecule has 0 aromatic carbocycles. The van der Waals surface area contributed by atoms with Gasteiger partial charge in [-0.25, -0.2) is 15.0 Å². The number of hydrogen-bond acceptors (Lipinski definition) is 10. The first kappa shape index (κ1) is 19.2. The number of anilines is 3. The van der Waals surface area contributed by atoms with E-state index in [2.05, 4.69) is 41.2 Å². The molecule has 0 amide bonds. The Labute approximate surface area is 163 Å².